The molecule has 0 bridgehead atoms. The molecule has 3 aromatic rings. The number of nitrogens with zero attached hydrogens (tertiary/aromatic N) is 3. The Morgan fingerprint density at radius 3 is 2.41 bits per heavy atom. The van der Waals surface area contributed by atoms with Crippen molar-refractivity contribution >= 4 is 34.3 Å². The molecule has 0 unspecified atom stereocenters. The van der Waals surface area contributed by atoms with Crippen LogP contribution in [0.2, 0.25) is 0 Å². The average Bonchev–Trinajstić information content (AvgIpc) is 3.10. The third-order valence-corrected chi connectivity index (χ3v) is 4.51. The molecular formula is C21H23N5O3. The number of carbonyl (C=O) groups excluding carboxylic acids is 3. The number of aryl methyl sites for hydroxylation is 1. The minimum absolute atomic E-state index is 0.0461. The van der Waals surface area contributed by atoms with Crippen molar-refractivity contribution < 1.29 is 14.4 Å². The van der Waals surface area contributed by atoms with Gasteiger partial charge in [0.2, 0.25) is 5.91 Å². The second-order valence-corrected chi connectivity index (χ2v) is 6.83. The molecular weight excluding hydrogens is 370 g/mol. The van der Waals surface area contributed by atoms with Gasteiger partial charge in [-0.05, 0) is 62.7 Å². The number of rotatable bonds is 7. The van der Waals surface area contributed by atoms with Crippen molar-refractivity contribution in [1.29, 1.82) is 0 Å². The Morgan fingerprint density at radius 1 is 1.07 bits per heavy atom. The summed E-state index contributed by atoms with van der Waals surface area (Å²) in [7, 11) is 0. The number of nitrogens with one attached hydrogen (secondary N) is 2. The number of anilines is 1. The first kappa shape index (κ1) is 20.2. The van der Waals surface area contributed by atoms with E-state index in [4.69, 9.17) is 0 Å². The van der Waals surface area contributed by atoms with Crippen molar-refractivity contribution in [3.63, 3.8) is 0 Å². The van der Waals surface area contributed by atoms with Crippen molar-refractivity contribution in [3.8, 4) is 0 Å². The van der Waals surface area contributed by atoms with Crippen LogP contribution in [0.15, 0.2) is 42.5 Å². The van der Waals surface area contributed by atoms with E-state index in [1.165, 1.54) is 6.92 Å². The number of hydrogen-bond acceptors (Lipinski definition) is 5. The Balaban J connectivity index is 1.64. The maximum atomic E-state index is 12.5. The molecule has 1 atom stereocenters. The highest BCUT2D eigenvalue weighted by Gasteiger charge is 2.18. The van der Waals surface area contributed by atoms with Crippen LogP contribution in [0.3, 0.4) is 0 Å². The summed E-state index contributed by atoms with van der Waals surface area (Å²) in [6.45, 7) is 5.90. The van der Waals surface area contributed by atoms with Gasteiger partial charge in [0, 0.05) is 23.4 Å². The van der Waals surface area contributed by atoms with Gasteiger partial charge in [-0.15, -0.1) is 5.10 Å². The summed E-state index contributed by atoms with van der Waals surface area (Å²) in [5, 5.41) is 13.6. The Morgan fingerprint density at radius 2 is 1.76 bits per heavy atom. The van der Waals surface area contributed by atoms with Gasteiger partial charge in [0.15, 0.2) is 5.78 Å². The molecule has 0 aliphatic carbocycles. The normalized spacial score (nSPS) is 11.8. The highest BCUT2D eigenvalue weighted by atomic mass is 16.2. The van der Waals surface area contributed by atoms with Crippen LogP contribution in [0, 0.1) is 0 Å². The zero-order chi connectivity index (χ0) is 21.0. The van der Waals surface area contributed by atoms with E-state index in [2.05, 4.69) is 27.9 Å². The molecule has 0 aliphatic heterocycles. The van der Waals surface area contributed by atoms with Crippen LogP contribution in [0.5, 0.6) is 0 Å². The highest BCUT2D eigenvalue weighted by Crippen LogP contribution is 2.14. The predicted molar refractivity (Wildman–Crippen MR) is 110 cm³/mol. The number of ketones is 1. The third kappa shape index (κ3) is 4.66. The van der Waals surface area contributed by atoms with Gasteiger partial charge in [0.25, 0.3) is 5.91 Å². The number of Topliss-reactive ketones (excluding diaryl/α,β-unsaturated/α-hetero) is 1. The number of carbonyl (C=O) groups is 3. The van der Waals surface area contributed by atoms with Crippen LogP contribution < -0.4 is 10.6 Å². The quantitative estimate of drug-likeness (QED) is 0.601. The van der Waals surface area contributed by atoms with Crippen molar-refractivity contribution in [2.24, 2.45) is 0 Å². The smallest absolute Gasteiger partial charge is 0.251 e. The molecule has 1 heterocycles. The van der Waals surface area contributed by atoms with Gasteiger partial charge in [-0.25, -0.2) is 4.68 Å². The summed E-state index contributed by atoms with van der Waals surface area (Å²) in [6, 6.07) is 11.0. The maximum absolute atomic E-state index is 12.5. The lowest BCUT2D eigenvalue weighted by Gasteiger charge is -2.14. The summed E-state index contributed by atoms with van der Waals surface area (Å²) >= 11 is 0. The molecule has 2 aromatic carbocycles. The molecule has 29 heavy (non-hydrogen) atoms. The molecule has 2 amide bonds. The molecule has 2 N–H and O–H groups in total. The summed E-state index contributed by atoms with van der Waals surface area (Å²) < 4.78 is 1.80. The van der Waals surface area contributed by atoms with E-state index < -0.39 is 6.04 Å². The largest absolute Gasteiger partial charge is 0.341 e. The fourth-order valence-electron chi connectivity index (χ4n) is 2.87. The standard InChI is InChI=1S/C21H23N5O3/c1-4-11-26-19-10-7-16(12-18(19)24-25-26)21(29)22-13(2)20(28)23-17-8-5-15(6-9-17)14(3)27/h5-10,12-13H,4,11H2,1-3H3,(H,22,29)(H,23,28)/t13-/m1/s1. The van der Waals surface area contributed by atoms with E-state index in [9.17, 15) is 14.4 Å². The van der Waals surface area contributed by atoms with Gasteiger partial charge < -0.3 is 10.6 Å². The summed E-state index contributed by atoms with van der Waals surface area (Å²) in [5.74, 6) is -0.773. The molecule has 3 rings (SSSR count). The summed E-state index contributed by atoms with van der Waals surface area (Å²) in [5.41, 5.74) is 3.02. The lowest BCUT2D eigenvalue weighted by molar-refractivity contribution is -0.117. The van der Waals surface area contributed by atoms with Crippen molar-refractivity contribution in [2.75, 3.05) is 5.32 Å². The van der Waals surface area contributed by atoms with Crippen LogP contribution in [-0.2, 0) is 11.3 Å². The molecule has 8 nitrogen and oxygen atoms in total. The van der Waals surface area contributed by atoms with Gasteiger partial charge >= 0.3 is 0 Å². The molecule has 0 aliphatic rings. The minimum Gasteiger partial charge on any atom is -0.341 e. The van der Waals surface area contributed by atoms with Crippen LogP contribution in [0.25, 0.3) is 11.0 Å². The molecule has 0 saturated carbocycles. The van der Waals surface area contributed by atoms with Crippen molar-refractivity contribution in [2.45, 2.75) is 39.8 Å². The SMILES string of the molecule is CCCn1nnc2cc(C(=O)N[C@H](C)C(=O)Nc3ccc(C(C)=O)cc3)ccc21. The molecule has 0 fully saturated rings. The second kappa shape index (κ2) is 8.64. The van der Waals surface area contributed by atoms with Gasteiger partial charge in [0.1, 0.15) is 11.6 Å². The average molecular weight is 393 g/mol. The highest BCUT2D eigenvalue weighted by molar-refractivity contribution is 6.02. The molecule has 1 aromatic heterocycles. The van der Waals surface area contributed by atoms with Gasteiger partial charge in [-0.3, -0.25) is 14.4 Å². The predicted octanol–water partition coefficient (Wildman–Crippen LogP) is 2.80. The second-order valence-electron chi connectivity index (χ2n) is 6.83. The lowest BCUT2D eigenvalue weighted by atomic mass is 10.1. The van der Waals surface area contributed by atoms with E-state index in [0.717, 1.165) is 18.5 Å². The molecule has 150 valence electrons. The van der Waals surface area contributed by atoms with E-state index in [-0.39, 0.29) is 17.6 Å². The Hall–Kier alpha value is -3.55. The zero-order valence-corrected chi connectivity index (χ0v) is 16.6. The number of amides is 2. The first-order valence-corrected chi connectivity index (χ1v) is 9.45. The van der Waals surface area contributed by atoms with Gasteiger partial charge in [-0.2, -0.15) is 0 Å². The fraction of sp³-hybridized carbons (Fsp3) is 0.286. The number of fused-ring (bicyclic) bond motifs is 1. The third-order valence-electron chi connectivity index (χ3n) is 4.51. The van der Waals surface area contributed by atoms with Gasteiger partial charge in [0.05, 0.1) is 5.52 Å². The Labute approximate surface area is 168 Å². The summed E-state index contributed by atoms with van der Waals surface area (Å²) in [4.78, 5) is 36.2. The Kier molecular flexibility index (Phi) is 6.01. The number of benzene rings is 2. The molecule has 0 saturated heterocycles. The van der Waals surface area contributed by atoms with E-state index in [0.29, 0.717) is 22.3 Å². The molecule has 0 radical (unpaired) electrons. The lowest BCUT2D eigenvalue weighted by Crippen LogP contribution is -2.41. The number of aromatic nitrogens is 3. The summed E-state index contributed by atoms with van der Waals surface area (Å²) in [6.07, 6.45) is 0.935. The van der Waals surface area contributed by atoms with Crippen LogP contribution >= 0.6 is 0 Å². The Bertz CT molecular complexity index is 1060. The van der Waals surface area contributed by atoms with E-state index in [1.807, 2.05) is 0 Å². The first-order chi connectivity index (χ1) is 13.9. The topological polar surface area (TPSA) is 106 Å². The van der Waals surface area contributed by atoms with E-state index >= 15 is 0 Å². The maximum Gasteiger partial charge on any atom is 0.251 e. The van der Waals surface area contributed by atoms with Crippen molar-refractivity contribution in [1.82, 2.24) is 20.3 Å². The number of hydrogen-bond donors (Lipinski definition) is 2. The van der Waals surface area contributed by atoms with Crippen LogP contribution in [-0.4, -0.2) is 38.6 Å². The van der Waals surface area contributed by atoms with Gasteiger partial charge in [-0.1, -0.05) is 12.1 Å². The molecule has 0 spiro atoms. The minimum atomic E-state index is -0.749. The monoisotopic (exact) mass is 393 g/mol. The van der Waals surface area contributed by atoms with E-state index in [1.54, 1.807) is 54.1 Å². The van der Waals surface area contributed by atoms with Crippen LogP contribution in [0.4, 0.5) is 5.69 Å². The molecule has 8 heteroatoms. The zero-order valence-electron chi connectivity index (χ0n) is 16.6. The van der Waals surface area contributed by atoms with Crippen molar-refractivity contribution in [3.05, 3.63) is 53.6 Å². The van der Waals surface area contributed by atoms with Crippen LogP contribution in [0.1, 0.15) is 47.9 Å². The fourth-order valence-corrected chi connectivity index (χ4v) is 2.87. The first-order valence-electron chi connectivity index (χ1n) is 9.45.